The van der Waals surface area contributed by atoms with E-state index in [2.05, 4.69) is 0 Å². The van der Waals surface area contributed by atoms with Gasteiger partial charge in [0.1, 0.15) is 0 Å². The van der Waals surface area contributed by atoms with E-state index >= 15 is 0 Å². The minimum Gasteiger partial charge on any atom is -0.854 e. The van der Waals surface area contributed by atoms with Gasteiger partial charge < -0.3 is 38.0 Å². The first kappa shape index (κ1) is 29.3. The Labute approximate surface area is 133 Å². The molecular formula is H3Na3O6P2. The van der Waals surface area contributed by atoms with Crippen molar-refractivity contribution in [2.24, 2.45) is 0 Å². The van der Waals surface area contributed by atoms with E-state index in [4.69, 9.17) is 29.4 Å². The Morgan fingerprint density at radius 1 is 0.727 bits per heavy atom. The molecule has 0 atom stereocenters. The monoisotopic (exact) mass is 230 g/mol. The molecule has 0 saturated carbocycles. The molecule has 11 heavy (non-hydrogen) atoms. The molecule has 52 valence electrons. The van der Waals surface area contributed by atoms with E-state index < -0.39 is 17.2 Å². The Hall–Kier alpha value is 3.62. The van der Waals surface area contributed by atoms with Crippen LogP contribution >= 0.6 is 17.2 Å². The van der Waals surface area contributed by atoms with Crippen molar-refractivity contribution in [1.29, 1.82) is 0 Å². The zero-order valence-corrected chi connectivity index (χ0v) is 14.2. The molecule has 0 unspecified atom stereocenters. The van der Waals surface area contributed by atoms with Crippen molar-refractivity contribution < 1.29 is 118 Å². The van der Waals surface area contributed by atoms with Crippen LogP contribution in [0.3, 0.4) is 0 Å². The first-order valence-corrected chi connectivity index (χ1v) is 3.44. The Balaban J connectivity index is -0.0000000171. The van der Waals surface area contributed by atoms with Crippen LogP contribution in [0.15, 0.2) is 0 Å². The molecule has 11 heteroatoms. The molecule has 0 fully saturated rings. The van der Waals surface area contributed by atoms with Crippen LogP contribution in [0.2, 0.25) is 0 Å². The third kappa shape index (κ3) is 140. The van der Waals surface area contributed by atoms with E-state index in [1.807, 2.05) is 0 Å². The first-order valence-electron chi connectivity index (χ1n) is 1.15. The molecule has 0 aromatic heterocycles. The van der Waals surface area contributed by atoms with Crippen LogP contribution in [-0.2, 0) is 0 Å². The SMILES string of the molecule is OP(O)O.[Na+].[Na+].[Na+].[O-]P([O-])[O-]. The Kier molecular flexibility index (Phi) is 62.4. The van der Waals surface area contributed by atoms with Crippen LogP contribution in [0.5, 0.6) is 0 Å². The van der Waals surface area contributed by atoms with E-state index in [1.165, 1.54) is 0 Å². The molecule has 0 aliphatic carbocycles. The Morgan fingerprint density at radius 3 is 0.727 bits per heavy atom. The normalized spacial score (nSPS) is 6.55. The van der Waals surface area contributed by atoms with Crippen molar-refractivity contribution in [2.75, 3.05) is 0 Å². The molecule has 3 N–H and O–H groups in total. The molecule has 0 bridgehead atoms. The van der Waals surface area contributed by atoms with Crippen LogP contribution < -0.4 is 103 Å². The molecule has 0 rings (SSSR count). The molecule has 0 aromatic carbocycles. The van der Waals surface area contributed by atoms with E-state index in [9.17, 15) is 0 Å². The summed E-state index contributed by atoms with van der Waals surface area (Å²) >= 11 is 0. The second kappa shape index (κ2) is 23.4. The van der Waals surface area contributed by atoms with Gasteiger partial charge in [-0.15, -0.1) is 0 Å². The average Bonchev–Trinajstić information content (AvgIpc) is 1.25. The molecule has 0 amide bonds. The number of hydrogen-bond donors (Lipinski definition) is 3. The predicted molar refractivity (Wildman–Crippen MR) is 20.5 cm³/mol. The van der Waals surface area contributed by atoms with Crippen molar-refractivity contribution in [2.45, 2.75) is 0 Å². The second-order valence-electron chi connectivity index (χ2n) is 0.492. The van der Waals surface area contributed by atoms with E-state index in [0.29, 0.717) is 0 Å². The fraction of sp³-hybridized carbons (Fsp3) is 0. The van der Waals surface area contributed by atoms with E-state index in [-0.39, 0.29) is 88.7 Å². The molecule has 0 spiro atoms. The number of hydrogen-bond acceptors (Lipinski definition) is 6. The minimum absolute atomic E-state index is 0. The van der Waals surface area contributed by atoms with Crippen molar-refractivity contribution in [1.82, 2.24) is 0 Å². The predicted octanol–water partition coefficient (Wildman–Crippen LogP) is -12.5. The largest absolute Gasteiger partial charge is 1.00 e. The molecule has 0 heterocycles. The van der Waals surface area contributed by atoms with Crippen molar-refractivity contribution in [3.8, 4) is 0 Å². The standard InChI is InChI=1S/3Na.H3O3P.O3P/c;;;2*1-4(2)3/h;;;1-3H;/q3*+1;;-3. The average molecular weight is 230 g/mol. The van der Waals surface area contributed by atoms with Gasteiger partial charge in [-0.05, 0) is 0 Å². The molecule has 0 radical (unpaired) electrons. The summed E-state index contributed by atoms with van der Waals surface area (Å²) in [4.78, 5) is 47.1. The number of rotatable bonds is 0. The van der Waals surface area contributed by atoms with Gasteiger partial charge in [0, 0.05) is 0 Å². The van der Waals surface area contributed by atoms with Gasteiger partial charge >= 0.3 is 97.3 Å². The first-order chi connectivity index (χ1) is 3.46. The zero-order chi connectivity index (χ0) is 7.15. The fourth-order valence-corrected chi connectivity index (χ4v) is 0. The molecule has 0 aliphatic heterocycles. The van der Waals surface area contributed by atoms with Crippen molar-refractivity contribution in [3.63, 3.8) is 0 Å². The van der Waals surface area contributed by atoms with Gasteiger partial charge in [-0.2, -0.15) is 0 Å². The van der Waals surface area contributed by atoms with Crippen LogP contribution in [0, 0.1) is 0 Å². The molecular weight excluding hydrogens is 227 g/mol. The molecule has 0 aromatic rings. The quantitative estimate of drug-likeness (QED) is 0.280. The topological polar surface area (TPSA) is 130 Å². The van der Waals surface area contributed by atoms with Gasteiger partial charge in [0.2, 0.25) is 0 Å². The molecule has 6 nitrogen and oxygen atoms in total. The smallest absolute Gasteiger partial charge is 0.854 e. The van der Waals surface area contributed by atoms with Crippen LogP contribution in [0.1, 0.15) is 0 Å². The summed E-state index contributed by atoms with van der Waals surface area (Å²) in [6, 6.07) is 0. The second-order valence-corrected chi connectivity index (χ2v) is 1.48. The summed E-state index contributed by atoms with van der Waals surface area (Å²) in [6.07, 6.45) is 0. The van der Waals surface area contributed by atoms with Crippen LogP contribution in [-0.4, -0.2) is 14.7 Å². The summed E-state index contributed by atoms with van der Waals surface area (Å²) in [5.74, 6) is 0. The van der Waals surface area contributed by atoms with E-state index in [0.717, 1.165) is 0 Å². The summed E-state index contributed by atoms with van der Waals surface area (Å²) in [5, 5.41) is 0. The minimum atomic E-state index is -3.37. The van der Waals surface area contributed by atoms with Crippen molar-refractivity contribution in [3.05, 3.63) is 0 Å². The Bertz CT molecular complexity index is 31.3. The Morgan fingerprint density at radius 2 is 0.727 bits per heavy atom. The van der Waals surface area contributed by atoms with Crippen molar-refractivity contribution >= 4 is 17.2 Å². The third-order valence-electron chi connectivity index (χ3n) is 0. The summed E-state index contributed by atoms with van der Waals surface area (Å²) in [5.41, 5.74) is 0. The van der Waals surface area contributed by atoms with Gasteiger partial charge in [-0.25, -0.2) is 0 Å². The van der Waals surface area contributed by atoms with Gasteiger partial charge in [0.15, 0.2) is 0 Å². The van der Waals surface area contributed by atoms with Gasteiger partial charge in [-0.1, -0.05) is 0 Å². The molecule has 0 saturated heterocycles. The zero-order valence-electron chi connectivity index (χ0n) is 6.46. The fourth-order valence-electron chi connectivity index (χ4n) is 0. The maximum atomic E-state index is 8.48. The summed E-state index contributed by atoms with van der Waals surface area (Å²) in [7, 11) is -5.99. The van der Waals surface area contributed by atoms with Crippen LogP contribution in [0.25, 0.3) is 0 Å². The maximum Gasteiger partial charge on any atom is 1.00 e. The maximum absolute atomic E-state index is 8.48. The molecule has 0 aliphatic rings. The third-order valence-corrected chi connectivity index (χ3v) is 0. The summed E-state index contributed by atoms with van der Waals surface area (Å²) in [6.45, 7) is 0. The van der Waals surface area contributed by atoms with Gasteiger partial charge in [0.05, 0.1) is 0 Å². The summed E-state index contributed by atoms with van der Waals surface area (Å²) < 4.78 is 0. The van der Waals surface area contributed by atoms with E-state index in [1.54, 1.807) is 0 Å². The van der Waals surface area contributed by atoms with Crippen LogP contribution in [0.4, 0.5) is 0 Å². The van der Waals surface area contributed by atoms with Gasteiger partial charge in [-0.3, -0.25) is 0 Å². The van der Waals surface area contributed by atoms with Gasteiger partial charge in [0.25, 0.3) is 0 Å².